The number of halogens is 1. The molecule has 0 aliphatic carbocycles. The summed E-state index contributed by atoms with van der Waals surface area (Å²) in [5, 5.41) is 0.654. The van der Waals surface area contributed by atoms with Crippen LogP contribution in [0.3, 0.4) is 0 Å². The molecule has 0 radical (unpaired) electrons. The first-order valence-corrected chi connectivity index (χ1v) is 6.56. The van der Waals surface area contributed by atoms with Crippen molar-refractivity contribution in [2.75, 3.05) is 27.7 Å². The van der Waals surface area contributed by atoms with Gasteiger partial charge >= 0.3 is 0 Å². The van der Waals surface area contributed by atoms with Gasteiger partial charge in [0.05, 0.1) is 7.11 Å². The van der Waals surface area contributed by atoms with Crippen molar-refractivity contribution in [1.82, 2.24) is 4.90 Å². The standard InChI is InChI=1S/C13H21NOS.ClH/c1-11(9-14(2)3)16-10-12-6-5-7-13(8-12)15-4;/h5-8,11H,9-10H2,1-4H3;1H. The Morgan fingerprint density at radius 3 is 2.65 bits per heavy atom. The van der Waals surface area contributed by atoms with Gasteiger partial charge in [0.25, 0.3) is 0 Å². The number of hydrogen-bond donors (Lipinski definition) is 0. The molecule has 0 aliphatic rings. The fraction of sp³-hybridized carbons (Fsp3) is 0.538. The highest BCUT2D eigenvalue weighted by molar-refractivity contribution is 7.99. The van der Waals surface area contributed by atoms with E-state index >= 15 is 0 Å². The van der Waals surface area contributed by atoms with Gasteiger partial charge < -0.3 is 9.64 Å². The van der Waals surface area contributed by atoms with Gasteiger partial charge in [-0.25, -0.2) is 0 Å². The fourth-order valence-corrected chi connectivity index (χ4v) is 2.63. The van der Waals surface area contributed by atoms with Crippen LogP contribution in [0, 0.1) is 0 Å². The van der Waals surface area contributed by atoms with Gasteiger partial charge in [-0.1, -0.05) is 19.1 Å². The minimum Gasteiger partial charge on any atom is -0.497 e. The van der Waals surface area contributed by atoms with E-state index in [9.17, 15) is 0 Å². The summed E-state index contributed by atoms with van der Waals surface area (Å²) in [5.41, 5.74) is 1.33. The molecule has 1 atom stereocenters. The van der Waals surface area contributed by atoms with Gasteiger partial charge in [-0.3, -0.25) is 0 Å². The van der Waals surface area contributed by atoms with E-state index in [1.54, 1.807) is 7.11 Å². The molecule has 1 aromatic carbocycles. The predicted octanol–water partition coefficient (Wildman–Crippen LogP) is 3.30. The first kappa shape index (κ1) is 16.6. The van der Waals surface area contributed by atoms with Crippen LogP contribution in [0.25, 0.3) is 0 Å². The van der Waals surface area contributed by atoms with E-state index in [2.05, 4.69) is 38.1 Å². The van der Waals surface area contributed by atoms with E-state index in [0.717, 1.165) is 18.0 Å². The Balaban J connectivity index is 0.00000256. The number of methoxy groups -OCH3 is 1. The second-order valence-corrected chi connectivity index (χ2v) is 5.66. The van der Waals surface area contributed by atoms with Crippen molar-refractivity contribution in [2.24, 2.45) is 0 Å². The third-order valence-electron chi connectivity index (χ3n) is 2.29. The van der Waals surface area contributed by atoms with E-state index in [0.29, 0.717) is 5.25 Å². The highest BCUT2D eigenvalue weighted by Crippen LogP contribution is 2.21. The predicted molar refractivity (Wildman–Crippen MR) is 79.6 cm³/mol. The molecule has 0 fully saturated rings. The molecule has 0 N–H and O–H groups in total. The van der Waals surface area contributed by atoms with Crippen LogP contribution >= 0.6 is 24.2 Å². The second kappa shape index (κ2) is 8.67. The quantitative estimate of drug-likeness (QED) is 0.790. The lowest BCUT2D eigenvalue weighted by Gasteiger charge is -2.16. The van der Waals surface area contributed by atoms with Crippen LogP contribution in [0.2, 0.25) is 0 Å². The normalized spacial score (nSPS) is 12.1. The molecule has 0 aliphatic heterocycles. The van der Waals surface area contributed by atoms with Crippen molar-refractivity contribution in [2.45, 2.75) is 17.9 Å². The molecule has 1 aromatic rings. The molecule has 0 aromatic heterocycles. The second-order valence-electron chi connectivity index (χ2n) is 4.24. The number of benzene rings is 1. The minimum absolute atomic E-state index is 0. The summed E-state index contributed by atoms with van der Waals surface area (Å²) >= 11 is 1.98. The van der Waals surface area contributed by atoms with E-state index in [1.807, 2.05) is 23.9 Å². The van der Waals surface area contributed by atoms with Crippen LogP contribution in [0.5, 0.6) is 5.75 Å². The third kappa shape index (κ3) is 6.81. The number of ether oxygens (including phenoxy) is 1. The van der Waals surface area contributed by atoms with Crippen molar-refractivity contribution < 1.29 is 4.74 Å². The van der Waals surface area contributed by atoms with E-state index < -0.39 is 0 Å². The first-order chi connectivity index (χ1) is 7.61. The molecule has 1 rings (SSSR count). The topological polar surface area (TPSA) is 12.5 Å². The maximum Gasteiger partial charge on any atom is 0.119 e. The molecule has 0 amide bonds. The van der Waals surface area contributed by atoms with Gasteiger partial charge in [-0.2, -0.15) is 11.8 Å². The molecule has 98 valence electrons. The summed E-state index contributed by atoms with van der Waals surface area (Å²) in [6.07, 6.45) is 0. The lowest BCUT2D eigenvalue weighted by atomic mass is 10.2. The van der Waals surface area contributed by atoms with Crippen LogP contribution in [-0.2, 0) is 5.75 Å². The molecule has 4 heteroatoms. The van der Waals surface area contributed by atoms with Crippen LogP contribution < -0.4 is 4.74 Å². The van der Waals surface area contributed by atoms with Crippen LogP contribution in [0.1, 0.15) is 12.5 Å². The average Bonchev–Trinajstić information content (AvgIpc) is 2.26. The fourth-order valence-electron chi connectivity index (χ4n) is 1.57. The number of thioether (sulfide) groups is 1. The Labute approximate surface area is 115 Å². The summed E-state index contributed by atoms with van der Waals surface area (Å²) in [4.78, 5) is 2.23. The molecular weight excluding hydrogens is 254 g/mol. The molecule has 2 nitrogen and oxygen atoms in total. The zero-order valence-electron chi connectivity index (χ0n) is 11.0. The molecule has 0 spiro atoms. The highest BCUT2D eigenvalue weighted by atomic mass is 35.5. The third-order valence-corrected chi connectivity index (χ3v) is 3.51. The van der Waals surface area contributed by atoms with Crippen molar-refractivity contribution in [3.8, 4) is 5.75 Å². The number of rotatable bonds is 6. The lowest BCUT2D eigenvalue weighted by Crippen LogP contribution is -2.21. The molecule has 1 unspecified atom stereocenters. The maximum atomic E-state index is 5.21. The largest absolute Gasteiger partial charge is 0.497 e. The van der Waals surface area contributed by atoms with Crippen molar-refractivity contribution in [3.05, 3.63) is 29.8 Å². The van der Waals surface area contributed by atoms with Crippen LogP contribution in [0.4, 0.5) is 0 Å². The zero-order chi connectivity index (χ0) is 12.0. The van der Waals surface area contributed by atoms with Gasteiger partial charge in [0.15, 0.2) is 0 Å². The molecule has 17 heavy (non-hydrogen) atoms. The van der Waals surface area contributed by atoms with Crippen LogP contribution in [0.15, 0.2) is 24.3 Å². The molecule has 0 saturated heterocycles. The summed E-state index contributed by atoms with van der Waals surface area (Å²) in [5.74, 6) is 1.99. The summed E-state index contributed by atoms with van der Waals surface area (Å²) in [6, 6.07) is 8.29. The van der Waals surface area contributed by atoms with Gasteiger partial charge in [0.2, 0.25) is 0 Å². The Kier molecular flexibility index (Phi) is 8.48. The Hall–Kier alpha value is -0.380. The highest BCUT2D eigenvalue weighted by Gasteiger charge is 2.04. The number of hydrogen-bond acceptors (Lipinski definition) is 3. The Bertz CT molecular complexity index is 320. The summed E-state index contributed by atoms with van der Waals surface area (Å²) < 4.78 is 5.21. The van der Waals surface area contributed by atoms with Crippen molar-refractivity contribution in [1.29, 1.82) is 0 Å². The van der Waals surface area contributed by atoms with Crippen LogP contribution in [-0.4, -0.2) is 37.9 Å². The number of nitrogens with zero attached hydrogens (tertiary/aromatic N) is 1. The molecule has 0 saturated carbocycles. The molecule has 0 bridgehead atoms. The summed E-state index contributed by atoms with van der Waals surface area (Å²) in [6.45, 7) is 3.39. The zero-order valence-corrected chi connectivity index (χ0v) is 12.6. The lowest BCUT2D eigenvalue weighted by molar-refractivity contribution is 0.413. The van der Waals surface area contributed by atoms with Gasteiger partial charge in [0, 0.05) is 17.5 Å². The maximum absolute atomic E-state index is 5.21. The van der Waals surface area contributed by atoms with Crippen molar-refractivity contribution in [3.63, 3.8) is 0 Å². The van der Waals surface area contributed by atoms with E-state index in [1.165, 1.54) is 5.56 Å². The molecule has 0 heterocycles. The van der Waals surface area contributed by atoms with Crippen molar-refractivity contribution >= 4 is 24.2 Å². The van der Waals surface area contributed by atoms with E-state index in [4.69, 9.17) is 4.74 Å². The Morgan fingerprint density at radius 1 is 1.35 bits per heavy atom. The Morgan fingerprint density at radius 2 is 2.06 bits per heavy atom. The minimum atomic E-state index is 0. The monoisotopic (exact) mass is 275 g/mol. The molecular formula is C13H22ClNOS. The smallest absolute Gasteiger partial charge is 0.119 e. The SMILES string of the molecule is COc1cccc(CSC(C)CN(C)C)c1.Cl. The van der Waals surface area contributed by atoms with Gasteiger partial charge in [0.1, 0.15) is 5.75 Å². The van der Waals surface area contributed by atoms with Gasteiger partial charge in [-0.05, 0) is 31.8 Å². The van der Waals surface area contributed by atoms with Gasteiger partial charge in [-0.15, -0.1) is 12.4 Å². The summed E-state index contributed by atoms with van der Waals surface area (Å²) in [7, 11) is 5.94. The first-order valence-electron chi connectivity index (χ1n) is 5.51. The van der Waals surface area contributed by atoms with E-state index in [-0.39, 0.29) is 12.4 Å². The average molecular weight is 276 g/mol.